The van der Waals surface area contributed by atoms with Crippen molar-refractivity contribution in [1.29, 1.82) is 0 Å². The van der Waals surface area contributed by atoms with Crippen molar-refractivity contribution >= 4 is 26.9 Å². The fraction of sp³-hybridized carbons (Fsp3) is 0.192. The predicted molar refractivity (Wildman–Crippen MR) is 128 cm³/mol. The third kappa shape index (κ3) is 3.74. The largest absolute Gasteiger partial charge is 0.497 e. The van der Waals surface area contributed by atoms with Gasteiger partial charge in [-0.2, -0.15) is 4.31 Å². The number of fused-ring (bicyclic) bond motifs is 2. The Morgan fingerprint density at radius 1 is 1.00 bits per heavy atom. The number of methoxy groups -OCH3 is 1. The number of nitrogens with zero attached hydrogens (tertiary/aromatic N) is 2. The van der Waals surface area contributed by atoms with Crippen LogP contribution in [0.3, 0.4) is 0 Å². The van der Waals surface area contributed by atoms with Crippen LogP contribution in [0.15, 0.2) is 83.9 Å². The number of ether oxygens (including phenoxy) is 1. The number of carboxylic acid groups (broad SMARTS) is 1. The van der Waals surface area contributed by atoms with Crippen molar-refractivity contribution in [3.05, 3.63) is 95.7 Å². The Morgan fingerprint density at radius 2 is 1.74 bits per heavy atom. The van der Waals surface area contributed by atoms with Gasteiger partial charge in [-0.3, -0.25) is 4.79 Å². The Kier molecular flexibility index (Phi) is 5.63. The van der Waals surface area contributed by atoms with Gasteiger partial charge in [0.15, 0.2) is 0 Å². The first-order chi connectivity index (χ1) is 16.4. The molecule has 3 aromatic carbocycles. The summed E-state index contributed by atoms with van der Waals surface area (Å²) < 4.78 is 35.9. The van der Waals surface area contributed by atoms with E-state index in [1.54, 1.807) is 36.1 Å². The molecule has 0 spiro atoms. The highest BCUT2D eigenvalue weighted by Gasteiger charge is 2.44. The number of carboxylic acids is 1. The fourth-order valence-electron chi connectivity index (χ4n) is 4.74. The Morgan fingerprint density at radius 3 is 2.47 bits per heavy atom. The van der Waals surface area contributed by atoms with Crippen LogP contribution in [-0.4, -0.2) is 42.0 Å². The molecule has 1 aromatic heterocycles. The Hall–Kier alpha value is -3.62. The summed E-state index contributed by atoms with van der Waals surface area (Å²) in [5, 5.41) is 10.2. The lowest BCUT2D eigenvalue weighted by Gasteiger charge is -2.23. The fourth-order valence-corrected chi connectivity index (χ4v) is 6.56. The average Bonchev–Trinajstić information content (AvgIpc) is 3.29. The number of aromatic nitrogens is 1. The van der Waals surface area contributed by atoms with Crippen LogP contribution in [-0.2, 0) is 27.8 Å². The molecule has 0 saturated carbocycles. The van der Waals surface area contributed by atoms with E-state index in [1.807, 2.05) is 54.6 Å². The summed E-state index contributed by atoms with van der Waals surface area (Å²) in [7, 11) is -2.17. The highest BCUT2D eigenvalue weighted by atomic mass is 32.2. The highest BCUT2D eigenvalue weighted by molar-refractivity contribution is 7.89. The van der Waals surface area contributed by atoms with Crippen molar-refractivity contribution in [1.82, 2.24) is 8.87 Å². The van der Waals surface area contributed by atoms with Gasteiger partial charge in [-0.25, -0.2) is 8.42 Å². The smallest absolute Gasteiger partial charge is 0.323 e. The van der Waals surface area contributed by atoms with Crippen molar-refractivity contribution in [2.24, 2.45) is 0 Å². The minimum Gasteiger partial charge on any atom is -0.497 e. The molecule has 0 radical (unpaired) electrons. The number of hydrogen-bond donors (Lipinski definition) is 1. The SMILES string of the molecule is COc1ccc2c(c1)c(C1c3ccccc3S(=O)(=O)N1CCc1ccccc1)cn2CC(=O)O. The number of carbonyl (C=O) groups is 1. The normalized spacial score (nSPS) is 17.0. The number of rotatable bonds is 7. The van der Waals surface area contributed by atoms with Crippen molar-refractivity contribution in [2.75, 3.05) is 13.7 Å². The van der Waals surface area contributed by atoms with Crippen molar-refractivity contribution in [2.45, 2.75) is 23.9 Å². The maximum atomic E-state index is 13.6. The van der Waals surface area contributed by atoms with E-state index in [0.717, 1.165) is 16.5 Å². The molecule has 0 saturated heterocycles. The molecule has 1 atom stereocenters. The zero-order valence-electron chi connectivity index (χ0n) is 18.6. The van der Waals surface area contributed by atoms with E-state index in [1.165, 1.54) is 4.31 Å². The topological polar surface area (TPSA) is 88.8 Å². The second-order valence-corrected chi connectivity index (χ2v) is 10.1. The Labute approximate surface area is 197 Å². The molecule has 0 bridgehead atoms. The lowest BCUT2D eigenvalue weighted by Crippen LogP contribution is -2.31. The molecule has 174 valence electrons. The van der Waals surface area contributed by atoms with E-state index in [4.69, 9.17) is 4.74 Å². The lowest BCUT2D eigenvalue weighted by atomic mass is 9.97. The van der Waals surface area contributed by atoms with Gasteiger partial charge in [0.2, 0.25) is 10.0 Å². The molecule has 1 aliphatic rings. The van der Waals surface area contributed by atoms with E-state index in [-0.39, 0.29) is 11.4 Å². The van der Waals surface area contributed by atoms with Gasteiger partial charge in [0.05, 0.1) is 18.0 Å². The predicted octanol–water partition coefficient (Wildman–Crippen LogP) is 4.07. The van der Waals surface area contributed by atoms with Gasteiger partial charge < -0.3 is 14.4 Å². The molecule has 1 N–H and O–H groups in total. The summed E-state index contributed by atoms with van der Waals surface area (Å²) in [5.41, 5.74) is 3.18. The zero-order valence-corrected chi connectivity index (χ0v) is 19.4. The maximum absolute atomic E-state index is 13.6. The molecule has 1 unspecified atom stereocenters. The van der Waals surface area contributed by atoms with Crippen LogP contribution in [0.25, 0.3) is 10.9 Å². The summed E-state index contributed by atoms with van der Waals surface area (Å²) in [6.45, 7) is 0.0647. The van der Waals surface area contributed by atoms with Crippen LogP contribution in [0.2, 0.25) is 0 Å². The number of benzene rings is 3. The minimum atomic E-state index is -3.74. The summed E-state index contributed by atoms with van der Waals surface area (Å²) >= 11 is 0. The molecule has 1 aliphatic heterocycles. The number of aliphatic carboxylic acids is 1. The van der Waals surface area contributed by atoms with Gasteiger partial charge in [-0.1, -0.05) is 48.5 Å². The number of sulfonamides is 1. The van der Waals surface area contributed by atoms with Gasteiger partial charge in [-0.15, -0.1) is 0 Å². The van der Waals surface area contributed by atoms with Crippen molar-refractivity contribution in [3.63, 3.8) is 0 Å². The molecule has 34 heavy (non-hydrogen) atoms. The van der Waals surface area contributed by atoms with E-state index in [0.29, 0.717) is 29.8 Å². The van der Waals surface area contributed by atoms with Crippen LogP contribution in [0.1, 0.15) is 22.7 Å². The van der Waals surface area contributed by atoms with E-state index in [2.05, 4.69) is 0 Å². The monoisotopic (exact) mass is 476 g/mol. The van der Waals surface area contributed by atoms with Crippen molar-refractivity contribution in [3.8, 4) is 5.75 Å². The van der Waals surface area contributed by atoms with Gasteiger partial charge in [0.1, 0.15) is 12.3 Å². The molecule has 0 fully saturated rings. The number of hydrogen-bond acceptors (Lipinski definition) is 4. The Balaban J connectivity index is 1.68. The summed E-state index contributed by atoms with van der Waals surface area (Å²) in [4.78, 5) is 11.8. The third-order valence-electron chi connectivity index (χ3n) is 6.27. The van der Waals surface area contributed by atoms with Gasteiger partial charge in [0.25, 0.3) is 0 Å². The second-order valence-electron chi connectivity index (χ2n) is 8.28. The van der Waals surface area contributed by atoms with Crippen LogP contribution in [0.4, 0.5) is 0 Å². The first-order valence-corrected chi connectivity index (χ1v) is 12.4. The second kappa shape index (κ2) is 8.62. The summed E-state index contributed by atoms with van der Waals surface area (Å²) in [5.74, 6) is -0.355. The van der Waals surface area contributed by atoms with Crippen molar-refractivity contribution < 1.29 is 23.1 Å². The van der Waals surface area contributed by atoms with E-state index < -0.39 is 22.0 Å². The first kappa shape index (κ1) is 22.2. The standard InChI is InChI=1S/C26H24N2O5S/c1-33-19-11-12-23-21(15-19)22(16-27(23)17-25(29)30)26-20-9-5-6-10-24(20)34(31,32)28(26)14-13-18-7-3-2-4-8-18/h2-12,15-16,26H,13-14,17H2,1H3,(H,29,30). The molecule has 7 nitrogen and oxygen atoms in total. The van der Waals surface area contributed by atoms with Crippen LogP contribution >= 0.6 is 0 Å². The summed E-state index contributed by atoms with van der Waals surface area (Å²) in [6, 6.07) is 21.6. The van der Waals surface area contributed by atoms with Crippen LogP contribution in [0.5, 0.6) is 5.75 Å². The molecule has 8 heteroatoms. The Bertz CT molecular complexity index is 1480. The molecular weight excluding hydrogens is 452 g/mol. The van der Waals surface area contributed by atoms with E-state index in [9.17, 15) is 18.3 Å². The highest BCUT2D eigenvalue weighted by Crippen LogP contribution is 2.46. The van der Waals surface area contributed by atoms with E-state index >= 15 is 0 Å². The van der Waals surface area contributed by atoms with Crippen LogP contribution in [0, 0.1) is 0 Å². The lowest BCUT2D eigenvalue weighted by molar-refractivity contribution is -0.137. The first-order valence-electron chi connectivity index (χ1n) is 10.9. The quantitative estimate of drug-likeness (QED) is 0.434. The maximum Gasteiger partial charge on any atom is 0.323 e. The third-order valence-corrected chi connectivity index (χ3v) is 8.21. The van der Waals surface area contributed by atoms with Gasteiger partial charge in [-0.05, 0) is 41.8 Å². The molecular formula is C26H24N2O5S. The molecule has 5 rings (SSSR count). The van der Waals surface area contributed by atoms with Crippen LogP contribution < -0.4 is 4.74 Å². The van der Waals surface area contributed by atoms with Gasteiger partial charge >= 0.3 is 5.97 Å². The average molecular weight is 477 g/mol. The van der Waals surface area contributed by atoms with Gasteiger partial charge in [0, 0.05) is 29.2 Å². The zero-order chi connectivity index (χ0) is 23.9. The molecule has 0 amide bonds. The molecule has 4 aromatic rings. The molecule has 2 heterocycles. The molecule has 0 aliphatic carbocycles. The minimum absolute atomic E-state index is 0.228. The summed E-state index contributed by atoms with van der Waals surface area (Å²) in [6.07, 6.45) is 2.32.